The van der Waals surface area contributed by atoms with Crippen LogP contribution in [0.4, 0.5) is 10.6 Å². The molecule has 4 heterocycles. The average Bonchev–Trinajstić information content (AvgIpc) is 3.07. The van der Waals surface area contributed by atoms with Gasteiger partial charge in [0.15, 0.2) is 5.69 Å². The lowest BCUT2D eigenvalue weighted by Crippen LogP contribution is -2.49. The van der Waals surface area contributed by atoms with Crippen molar-refractivity contribution in [2.75, 3.05) is 37.6 Å². The molecule has 4 rings (SSSR count). The molecule has 9 nitrogen and oxygen atoms in total. The minimum Gasteiger partial charge on any atom is -0.419 e. The highest BCUT2D eigenvalue weighted by Gasteiger charge is 2.44. The standard InChI is InChI=1S/C21H21ClN6O3/c1-2-3-4-9-26-10-12-27(13-11-26)21(30)31-20-18-17(23-7-8-24-18)19(29)28(20)16-6-5-15(22)14-25-16/h5-8,14,20H,2,9-13H2,1H3/t20-/m0/s1. The summed E-state index contributed by atoms with van der Waals surface area (Å²) in [5.74, 6) is 6.03. The van der Waals surface area contributed by atoms with Gasteiger partial charge in [0.25, 0.3) is 5.91 Å². The number of carbonyl (C=O) groups excluding carboxylic acids is 2. The number of fused-ring (bicyclic) bond motifs is 1. The van der Waals surface area contributed by atoms with Gasteiger partial charge in [-0.25, -0.2) is 19.7 Å². The molecule has 0 unspecified atom stereocenters. The van der Waals surface area contributed by atoms with E-state index in [0.717, 1.165) is 6.42 Å². The number of aromatic nitrogens is 3. The second kappa shape index (κ2) is 9.29. The molecule has 0 saturated carbocycles. The van der Waals surface area contributed by atoms with E-state index in [-0.39, 0.29) is 11.4 Å². The number of ether oxygens (including phenoxy) is 1. The van der Waals surface area contributed by atoms with Crippen molar-refractivity contribution >= 4 is 29.4 Å². The van der Waals surface area contributed by atoms with E-state index in [2.05, 4.69) is 31.7 Å². The molecule has 2 aliphatic heterocycles. The van der Waals surface area contributed by atoms with E-state index in [4.69, 9.17) is 16.3 Å². The molecule has 0 aliphatic carbocycles. The zero-order chi connectivity index (χ0) is 21.8. The zero-order valence-corrected chi connectivity index (χ0v) is 17.7. The van der Waals surface area contributed by atoms with Crippen molar-refractivity contribution in [1.29, 1.82) is 0 Å². The summed E-state index contributed by atoms with van der Waals surface area (Å²) in [6.45, 7) is 5.14. The van der Waals surface area contributed by atoms with Crippen LogP contribution in [-0.4, -0.2) is 69.5 Å². The molecule has 2 aliphatic rings. The van der Waals surface area contributed by atoms with Crippen LogP contribution in [0.3, 0.4) is 0 Å². The van der Waals surface area contributed by atoms with Gasteiger partial charge in [-0.05, 0) is 12.1 Å². The number of amides is 2. The SMILES string of the molecule is CCC#CCN1CCN(C(=O)O[C@H]2c3nccnc3C(=O)N2c2ccc(Cl)cn2)CC1. The molecule has 1 fully saturated rings. The Morgan fingerprint density at radius 3 is 2.65 bits per heavy atom. The number of nitrogens with zero attached hydrogens (tertiary/aromatic N) is 6. The highest BCUT2D eigenvalue weighted by atomic mass is 35.5. The molecule has 2 amide bonds. The lowest BCUT2D eigenvalue weighted by Gasteiger charge is -2.34. The van der Waals surface area contributed by atoms with Gasteiger partial charge in [0.1, 0.15) is 11.5 Å². The third kappa shape index (κ3) is 4.45. The summed E-state index contributed by atoms with van der Waals surface area (Å²) in [5, 5.41) is 0.430. The smallest absolute Gasteiger partial charge is 0.412 e. The Balaban J connectivity index is 1.49. The molecule has 0 radical (unpaired) electrons. The molecular formula is C21H21ClN6O3. The average molecular weight is 441 g/mol. The first kappa shape index (κ1) is 21.0. The first-order chi connectivity index (χ1) is 15.1. The third-order valence-corrected chi connectivity index (χ3v) is 5.25. The molecule has 2 aromatic rings. The van der Waals surface area contributed by atoms with Crippen LogP contribution in [-0.2, 0) is 4.74 Å². The summed E-state index contributed by atoms with van der Waals surface area (Å²) in [6.07, 6.45) is 3.57. The van der Waals surface area contributed by atoms with Gasteiger partial charge >= 0.3 is 6.09 Å². The highest BCUT2D eigenvalue weighted by Crippen LogP contribution is 2.35. The van der Waals surface area contributed by atoms with Crippen LogP contribution in [0.2, 0.25) is 5.02 Å². The molecule has 0 N–H and O–H groups in total. The predicted octanol–water partition coefficient (Wildman–Crippen LogP) is 2.35. The summed E-state index contributed by atoms with van der Waals surface area (Å²) in [4.78, 5) is 43.5. The van der Waals surface area contributed by atoms with Crippen LogP contribution < -0.4 is 4.90 Å². The maximum Gasteiger partial charge on any atom is 0.412 e. The van der Waals surface area contributed by atoms with Crippen LogP contribution in [0.15, 0.2) is 30.7 Å². The van der Waals surface area contributed by atoms with Gasteiger partial charge in [-0.2, -0.15) is 0 Å². The van der Waals surface area contributed by atoms with Gasteiger partial charge in [0.05, 0.1) is 11.6 Å². The van der Waals surface area contributed by atoms with Crippen LogP contribution in [0.5, 0.6) is 0 Å². The second-order valence-corrected chi connectivity index (χ2v) is 7.44. The lowest BCUT2D eigenvalue weighted by molar-refractivity contribution is 0.0463. The summed E-state index contributed by atoms with van der Waals surface area (Å²) < 4.78 is 5.75. The molecule has 0 bridgehead atoms. The number of pyridine rings is 1. The first-order valence-electron chi connectivity index (χ1n) is 9.98. The van der Waals surface area contributed by atoms with Gasteiger partial charge < -0.3 is 9.64 Å². The van der Waals surface area contributed by atoms with Gasteiger partial charge in [-0.1, -0.05) is 24.4 Å². The van der Waals surface area contributed by atoms with Crippen LogP contribution in [0.25, 0.3) is 0 Å². The fraction of sp³-hybridized carbons (Fsp3) is 0.381. The predicted molar refractivity (Wildman–Crippen MR) is 113 cm³/mol. The first-order valence-corrected chi connectivity index (χ1v) is 10.4. The van der Waals surface area contributed by atoms with Crippen LogP contribution in [0.1, 0.15) is 35.8 Å². The summed E-state index contributed by atoms with van der Waals surface area (Å²) in [7, 11) is 0. The van der Waals surface area contributed by atoms with Crippen molar-refractivity contribution in [3.63, 3.8) is 0 Å². The van der Waals surface area contributed by atoms with E-state index in [1.165, 1.54) is 23.5 Å². The Hall–Kier alpha value is -3.22. The fourth-order valence-corrected chi connectivity index (χ4v) is 3.54. The maximum absolute atomic E-state index is 12.9. The topological polar surface area (TPSA) is 91.8 Å². The van der Waals surface area contributed by atoms with Gasteiger partial charge in [0, 0.05) is 51.2 Å². The summed E-state index contributed by atoms with van der Waals surface area (Å²) in [5.41, 5.74) is 0.419. The van der Waals surface area contributed by atoms with Gasteiger partial charge in [0.2, 0.25) is 6.23 Å². The molecule has 160 valence electrons. The van der Waals surface area contributed by atoms with Crippen molar-refractivity contribution in [1.82, 2.24) is 24.8 Å². The van der Waals surface area contributed by atoms with Crippen molar-refractivity contribution < 1.29 is 14.3 Å². The van der Waals surface area contributed by atoms with Gasteiger partial charge in [-0.3, -0.25) is 14.7 Å². The monoisotopic (exact) mass is 440 g/mol. The lowest BCUT2D eigenvalue weighted by atomic mass is 10.3. The second-order valence-electron chi connectivity index (χ2n) is 7.01. The van der Waals surface area contributed by atoms with E-state index in [0.29, 0.717) is 43.6 Å². The normalized spacial score (nSPS) is 18.4. The number of rotatable bonds is 3. The van der Waals surface area contributed by atoms with E-state index in [9.17, 15) is 9.59 Å². The molecule has 0 spiro atoms. The Morgan fingerprint density at radius 2 is 1.94 bits per heavy atom. The van der Waals surface area contributed by atoms with E-state index in [1.54, 1.807) is 17.0 Å². The Labute approximate surface area is 185 Å². The Bertz CT molecular complexity index is 1030. The molecular weight excluding hydrogens is 420 g/mol. The number of hydrogen-bond donors (Lipinski definition) is 0. The maximum atomic E-state index is 12.9. The molecule has 1 saturated heterocycles. The Kier molecular flexibility index (Phi) is 6.30. The summed E-state index contributed by atoms with van der Waals surface area (Å²) >= 11 is 5.92. The van der Waals surface area contributed by atoms with Crippen molar-refractivity contribution in [3.05, 3.63) is 47.1 Å². The van der Waals surface area contributed by atoms with E-state index < -0.39 is 18.2 Å². The van der Waals surface area contributed by atoms with Crippen molar-refractivity contribution in [3.8, 4) is 11.8 Å². The fourth-order valence-electron chi connectivity index (χ4n) is 3.43. The quantitative estimate of drug-likeness (QED) is 0.676. The largest absolute Gasteiger partial charge is 0.419 e. The van der Waals surface area contributed by atoms with E-state index in [1.807, 2.05) is 6.92 Å². The molecule has 10 heteroatoms. The number of piperazine rings is 1. The number of carbonyl (C=O) groups is 2. The van der Waals surface area contributed by atoms with Crippen LogP contribution in [0, 0.1) is 11.8 Å². The van der Waals surface area contributed by atoms with E-state index >= 15 is 0 Å². The summed E-state index contributed by atoms with van der Waals surface area (Å²) in [6, 6.07) is 3.20. The minimum atomic E-state index is -1.05. The number of halogens is 1. The number of anilines is 1. The third-order valence-electron chi connectivity index (χ3n) is 5.02. The molecule has 1 atom stereocenters. The zero-order valence-electron chi connectivity index (χ0n) is 17.0. The van der Waals surface area contributed by atoms with Crippen molar-refractivity contribution in [2.45, 2.75) is 19.6 Å². The highest BCUT2D eigenvalue weighted by molar-refractivity contribution is 6.30. The van der Waals surface area contributed by atoms with Gasteiger partial charge in [-0.15, -0.1) is 5.92 Å². The van der Waals surface area contributed by atoms with Crippen molar-refractivity contribution in [2.24, 2.45) is 0 Å². The minimum absolute atomic E-state index is 0.136. The van der Waals surface area contributed by atoms with Crippen LogP contribution >= 0.6 is 11.6 Å². The molecule has 2 aromatic heterocycles. The molecule has 0 aromatic carbocycles. The Morgan fingerprint density at radius 1 is 1.16 bits per heavy atom. The number of hydrogen-bond acceptors (Lipinski definition) is 7. The molecule has 31 heavy (non-hydrogen) atoms.